The van der Waals surface area contributed by atoms with Gasteiger partial charge in [0.25, 0.3) is 0 Å². The highest BCUT2D eigenvalue weighted by Crippen LogP contribution is 2.33. The van der Waals surface area contributed by atoms with Crippen LogP contribution in [0.25, 0.3) is 0 Å². The lowest BCUT2D eigenvalue weighted by Crippen LogP contribution is -2.23. The molecule has 0 aromatic heterocycles. The summed E-state index contributed by atoms with van der Waals surface area (Å²) in [4.78, 5) is 36.6. The van der Waals surface area contributed by atoms with Crippen LogP contribution in [0.4, 0.5) is 13.2 Å². The van der Waals surface area contributed by atoms with Gasteiger partial charge in [-0.2, -0.15) is 13.2 Å². The first kappa shape index (κ1) is 25.8. The molecule has 1 unspecified atom stereocenters. The van der Waals surface area contributed by atoms with Crippen molar-refractivity contribution in [2.24, 2.45) is 5.92 Å². The van der Waals surface area contributed by atoms with Gasteiger partial charge in [-0.05, 0) is 65.6 Å². The standard InChI is InChI=1S/C30H29F3O3/c1-18-12-20(6-8-21(18)14-22-4-3-5-23-16-27(35)10-11-28(22)23)7-9-26(34)17-24-15-25(30(31,32)33)13-19(2)29(24)36/h3-6,8,12-13,15,19H,7,9-11,14,16-17H2,1-2H3. The van der Waals surface area contributed by atoms with Crippen molar-refractivity contribution in [1.29, 1.82) is 0 Å². The van der Waals surface area contributed by atoms with Gasteiger partial charge in [-0.15, -0.1) is 0 Å². The van der Waals surface area contributed by atoms with E-state index in [1.807, 2.05) is 31.2 Å². The zero-order valence-corrected chi connectivity index (χ0v) is 20.5. The van der Waals surface area contributed by atoms with Gasteiger partial charge in [-0.3, -0.25) is 14.4 Å². The topological polar surface area (TPSA) is 51.2 Å². The largest absolute Gasteiger partial charge is 0.416 e. The molecule has 188 valence electrons. The second-order valence-electron chi connectivity index (χ2n) is 9.87. The lowest BCUT2D eigenvalue weighted by Gasteiger charge is -2.19. The van der Waals surface area contributed by atoms with Crippen LogP contribution in [0.2, 0.25) is 0 Å². The zero-order valence-electron chi connectivity index (χ0n) is 20.5. The van der Waals surface area contributed by atoms with Gasteiger partial charge >= 0.3 is 6.18 Å². The molecular weight excluding hydrogens is 465 g/mol. The lowest BCUT2D eigenvalue weighted by molar-refractivity contribution is -0.122. The van der Waals surface area contributed by atoms with Crippen LogP contribution < -0.4 is 0 Å². The fourth-order valence-corrected chi connectivity index (χ4v) is 5.07. The molecule has 2 aliphatic carbocycles. The summed E-state index contributed by atoms with van der Waals surface area (Å²) in [6.07, 6.45) is 0.158. The number of Topliss-reactive ketones (excluding diaryl/α,β-unsaturated/α-hetero) is 3. The van der Waals surface area contributed by atoms with E-state index in [2.05, 4.69) is 12.1 Å². The van der Waals surface area contributed by atoms with Gasteiger partial charge in [0.05, 0.1) is 5.57 Å². The highest BCUT2D eigenvalue weighted by atomic mass is 19.4. The third kappa shape index (κ3) is 5.92. The third-order valence-electron chi connectivity index (χ3n) is 7.10. The molecule has 2 aromatic carbocycles. The van der Waals surface area contributed by atoms with Gasteiger partial charge in [0, 0.05) is 37.2 Å². The first-order chi connectivity index (χ1) is 17.0. The molecule has 0 aliphatic heterocycles. The first-order valence-electron chi connectivity index (χ1n) is 12.3. The molecular formula is C30H29F3O3. The minimum atomic E-state index is -4.54. The second kappa shape index (κ2) is 10.4. The summed E-state index contributed by atoms with van der Waals surface area (Å²) in [6, 6.07) is 12.2. The predicted octanol–water partition coefficient (Wildman–Crippen LogP) is 6.17. The Morgan fingerprint density at radius 3 is 2.56 bits per heavy atom. The molecule has 0 saturated heterocycles. The summed E-state index contributed by atoms with van der Waals surface area (Å²) in [6.45, 7) is 3.44. The summed E-state index contributed by atoms with van der Waals surface area (Å²) in [5.41, 5.74) is 5.94. The Morgan fingerprint density at radius 2 is 1.83 bits per heavy atom. The highest BCUT2D eigenvalue weighted by molar-refractivity contribution is 6.04. The summed E-state index contributed by atoms with van der Waals surface area (Å²) in [7, 11) is 0. The number of carbonyl (C=O) groups excluding carboxylic acids is 3. The molecule has 0 saturated carbocycles. The highest BCUT2D eigenvalue weighted by Gasteiger charge is 2.36. The minimum absolute atomic E-state index is 0.0678. The van der Waals surface area contributed by atoms with Crippen LogP contribution >= 0.6 is 0 Å². The Bertz CT molecular complexity index is 1280. The average molecular weight is 495 g/mol. The molecule has 0 amide bonds. The van der Waals surface area contributed by atoms with Gasteiger partial charge in [0.15, 0.2) is 5.78 Å². The van der Waals surface area contributed by atoms with E-state index in [4.69, 9.17) is 0 Å². The van der Waals surface area contributed by atoms with Crippen LogP contribution in [0.1, 0.15) is 59.6 Å². The van der Waals surface area contributed by atoms with E-state index in [0.29, 0.717) is 19.3 Å². The molecule has 6 heteroatoms. The maximum atomic E-state index is 13.1. The number of fused-ring (bicyclic) bond motifs is 1. The van der Waals surface area contributed by atoms with Crippen LogP contribution in [-0.2, 0) is 40.1 Å². The van der Waals surface area contributed by atoms with Crippen molar-refractivity contribution in [3.63, 3.8) is 0 Å². The minimum Gasteiger partial charge on any atom is -0.299 e. The average Bonchev–Trinajstić information content (AvgIpc) is 2.81. The number of hydrogen-bond acceptors (Lipinski definition) is 3. The van der Waals surface area contributed by atoms with Crippen LogP contribution in [0, 0.1) is 12.8 Å². The molecule has 4 rings (SSSR count). The van der Waals surface area contributed by atoms with Crippen molar-refractivity contribution in [2.45, 2.75) is 65.0 Å². The molecule has 36 heavy (non-hydrogen) atoms. The van der Waals surface area contributed by atoms with Crippen LogP contribution in [-0.4, -0.2) is 23.5 Å². The Labute approximate surface area is 209 Å². The number of alkyl halides is 3. The summed E-state index contributed by atoms with van der Waals surface area (Å²) >= 11 is 0. The predicted molar refractivity (Wildman–Crippen MR) is 132 cm³/mol. The number of halogens is 3. The van der Waals surface area contributed by atoms with Gasteiger partial charge in [0.1, 0.15) is 11.6 Å². The quantitative estimate of drug-likeness (QED) is 0.463. The Morgan fingerprint density at radius 1 is 1.06 bits per heavy atom. The Kier molecular flexibility index (Phi) is 7.43. The number of aryl methyl sites for hydroxylation is 2. The van der Waals surface area contributed by atoms with E-state index in [0.717, 1.165) is 41.7 Å². The molecule has 2 aliphatic rings. The summed E-state index contributed by atoms with van der Waals surface area (Å²) < 4.78 is 39.3. The third-order valence-corrected chi connectivity index (χ3v) is 7.10. The summed E-state index contributed by atoms with van der Waals surface area (Å²) in [5.74, 6) is -1.28. The summed E-state index contributed by atoms with van der Waals surface area (Å²) in [5, 5.41) is 0. The Hall–Kier alpha value is -3.28. The maximum Gasteiger partial charge on any atom is 0.416 e. The molecule has 0 bridgehead atoms. The van der Waals surface area contributed by atoms with Crippen LogP contribution in [0.3, 0.4) is 0 Å². The van der Waals surface area contributed by atoms with Crippen LogP contribution in [0.15, 0.2) is 59.7 Å². The molecule has 0 fully saturated rings. The SMILES string of the molecule is Cc1cc(CCC(=O)CC2=CC(C(F)(F)F)=CC(C)C2=O)ccc1Cc1cccc2c1CCC(=O)C2. The monoisotopic (exact) mass is 494 g/mol. The van der Waals surface area contributed by atoms with Gasteiger partial charge < -0.3 is 0 Å². The van der Waals surface area contributed by atoms with Gasteiger partial charge in [-0.25, -0.2) is 0 Å². The lowest BCUT2D eigenvalue weighted by atomic mass is 9.85. The second-order valence-corrected chi connectivity index (χ2v) is 9.87. The van der Waals surface area contributed by atoms with Crippen molar-refractivity contribution < 1.29 is 27.6 Å². The molecule has 0 N–H and O–H groups in total. The maximum absolute atomic E-state index is 13.1. The fraction of sp³-hybridized carbons (Fsp3) is 0.367. The Balaban J connectivity index is 1.39. The molecule has 0 spiro atoms. The number of carbonyl (C=O) groups is 3. The van der Waals surface area contributed by atoms with E-state index >= 15 is 0 Å². The first-order valence-corrected chi connectivity index (χ1v) is 12.3. The normalized spacial score (nSPS) is 18.0. The van der Waals surface area contributed by atoms with E-state index in [1.165, 1.54) is 23.6 Å². The molecule has 2 aromatic rings. The van der Waals surface area contributed by atoms with Gasteiger partial charge in [-0.1, -0.05) is 49.4 Å². The van der Waals surface area contributed by atoms with Crippen molar-refractivity contribution in [1.82, 2.24) is 0 Å². The van der Waals surface area contributed by atoms with Gasteiger partial charge in [0.2, 0.25) is 0 Å². The van der Waals surface area contributed by atoms with Crippen molar-refractivity contribution >= 4 is 17.3 Å². The van der Waals surface area contributed by atoms with Crippen LogP contribution in [0.5, 0.6) is 0 Å². The fourth-order valence-electron chi connectivity index (χ4n) is 5.07. The molecule has 3 nitrogen and oxygen atoms in total. The molecule has 0 radical (unpaired) electrons. The van der Waals surface area contributed by atoms with Crippen molar-refractivity contribution in [2.75, 3.05) is 0 Å². The smallest absolute Gasteiger partial charge is 0.299 e. The van der Waals surface area contributed by atoms with Crippen molar-refractivity contribution in [3.05, 3.63) is 93.1 Å². The number of rotatable bonds is 7. The number of ketones is 3. The molecule has 1 atom stereocenters. The zero-order chi connectivity index (χ0) is 26.0. The van der Waals surface area contributed by atoms with E-state index in [1.54, 1.807) is 0 Å². The molecule has 0 heterocycles. The van der Waals surface area contributed by atoms with E-state index in [-0.39, 0.29) is 30.0 Å². The number of hydrogen-bond donors (Lipinski definition) is 0. The number of allylic oxidation sites excluding steroid dienone is 4. The van der Waals surface area contributed by atoms with E-state index < -0.39 is 23.5 Å². The van der Waals surface area contributed by atoms with Crippen molar-refractivity contribution in [3.8, 4) is 0 Å². The number of benzene rings is 2. The van der Waals surface area contributed by atoms with E-state index in [9.17, 15) is 27.6 Å².